The van der Waals surface area contributed by atoms with Gasteiger partial charge < -0.3 is 29.7 Å². The van der Waals surface area contributed by atoms with Crippen molar-refractivity contribution in [2.24, 2.45) is 5.92 Å². The van der Waals surface area contributed by atoms with Gasteiger partial charge in [-0.3, -0.25) is 9.59 Å². The lowest BCUT2D eigenvalue weighted by atomic mass is 10.1. The third kappa shape index (κ3) is 3.20. The van der Waals surface area contributed by atoms with Crippen LogP contribution in [0.2, 0.25) is 0 Å². The zero-order chi connectivity index (χ0) is 20.0. The van der Waals surface area contributed by atoms with Gasteiger partial charge in [0.05, 0.1) is 17.0 Å². The van der Waals surface area contributed by atoms with Crippen molar-refractivity contribution in [2.45, 2.75) is 6.42 Å². The molecule has 0 saturated carbocycles. The van der Waals surface area contributed by atoms with Crippen LogP contribution in [0.15, 0.2) is 41.2 Å². The van der Waals surface area contributed by atoms with Crippen LogP contribution in [0.1, 0.15) is 6.42 Å². The summed E-state index contributed by atoms with van der Waals surface area (Å²) in [6.07, 6.45) is 0.128. The van der Waals surface area contributed by atoms with Gasteiger partial charge in [-0.25, -0.2) is 4.79 Å². The van der Waals surface area contributed by atoms with E-state index in [1.165, 1.54) is 0 Å². The Balaban J connectivity index is 1.31. The molecule has 1 unspecified atom stereocenters. The second-order valence-corrected chi connectivity index (χ2v) is 7.06. The lowest BCUT2D eigenvalue weighted by Crippen LogP contribution is -2.28. The highest BCUT2D eigenvalue weighted by molar-refractivity contribution is 6.04. The van der Waals surface area contributed by atoms with Crippen LogP contribution >= 0.6 is 0 Å². The number of ether oxygens (including phenoxy) is 2. The number of nitrogens with zero attached hydrogens (tertiary/aromatic N) is 1. The van der Waals surface area contributed by atoms with Crippen LogP contribution in [0.25, 0.3) is 11.0 Å². The van der Waals surface area contributed by atoms with Crippen LogP contribution in [0.5, 0.6) is 11.5 Å². The Morgan fingerprint density at radius 2 is 1.79 bits per heavy atom. The molecular formula is C20H18N4O5. The topological polar surface area (TPSA) is 117 Å². The van der Waals surface area contributed by atoms with E-state index in [0.717, 1.165) is 0 Å². The smallest absolute Gasteiger partial charge is 0.323 e. The van der Waals surface area contributed by atoms with Crippen LogP contribution in [0.4, 0.5) is 11.4 Å². The van der Waals surface area contributed by atoms with Crippen molar-refractivity contribution in [1.82, 2.24) is 9.97 Å². The minimum atomic E-state index is -0.475. The Hall–Kier alpha value is -3.75. The average Bonchev–Trinajstić information content (AvgIpc) is 3.29. The molecule has 1 atom stereocenters. The molecule has 0 bridgehead atoms. The van der Waals surface area contributed by atoms with Crippen molar-refractivity contribution in [3.63, 3.8) is 0 Å². The summed E-state index contributed by atoms with van der Waals surface area (Å²) in [7, 11) is 0. The normalized spacial score (nSPS) is 18.3. The van der Waals surface area contributed by atoms with Gasteiger partial charge in [0.25, 0.3) is 0 Å². The van der Waals surface area contributed by atoms with Gasteiger partial charge >= 0.3 is 5.69 Å². The number of aromatic nitrogens is 2. The third-order valence-corrected chi connectivity index (χ3v) is 5.12. The van der Waals surface area contributed by atoms with Crippen LogP contribution in [0, 0.1) is 5.92 Å². The van der Waals surface area contributed by atoms with E-state index in [2.05, 4.69) is 15.3 Å². The van der Waals surface area contributed by atoms with E-state index < -0.39 is 5.92 Å². The first-order valence-electron chi connectivity index (χ1n) is 9.30. The number of fused-ring (bicyclic) bond motifs is 2. The molecule has 148 valence electrons. The first-order chi connectivity index (χ1) is 14.1. The van der Waals surface area contributed by atoms with Crippen LogP contribution < -0.4 is 25.4 Å². The number of nitrogens with one attached hydrogen (secondary N) is 3. The van der Waals surface area contributed by atoms with Gasteiger partial charge in [0, 0.05) is 30.4 Å². The summed E-state index contributed by atoms with van der Waals surface area (Å²) in [4.78, 5) is 43.5. The molecule has 1 fully saturated rings. The fraction of sp³-hybridized carbons (Fsp3) is 0.250. The molecule has 9 heteroatoms. The molecule has 2 aliphatic heterocycles. The minimum Gasteiger partial charge on any atom is -0.486 e. The fourth-order valence-corrected chi connectivity index (χ4v) is 3.69. The summed E-state index contributed by atoms with van der Waals surface area (Å²) in [5.74, 6) is 0.418. The molecule has 29 heavy (non-hydrogen) atoms. The molecule has 2 amide bonds. The van der Waals surface area contributed by atoms with Crippen molar-refractivity contribution in [3.05, 3.63) is 46.9 Å². The third-order valence-electron chi connectivity index (χ3n) is 5.12. The molecule has 3 aromatic rings. The Kier molecular flexibility index (Phi) is 4.01. The summed E-state index contributed by atoms with van der Waals surface area (Å²) in [5.41, 5.74) is 2.20. The lowest BCUT2D eigenvalue weighted by Gasteiger charge is -2.22. The number of carbonyl (C=O) groups is 2. The van der Waals surface area contributed by atoms with Gasteiger partial charge in [-0.05, 0) is 30.3 Å². The quantitative estimate of drug-likeness (QED) is 0.624. The Morgan fingerprint density at radius 1 is 1.00 bits per heavy atom. The highest BCUT2D eigenvalue weighted by Gasteiger charge is 2.35. The minimum absolute atomic E-state index is 0.118. The maximum absolute atomic E-state index is 12.7. The van der Waals surface area contributed by atoms with E-state index in [0.29, 0.717) is 47.1 Å². The lowest BCUT2D eigenvalue weighted by molar-refractivity contribution is -0.122. The Bertz CT molecular complexity index is 1180. The number of benzene rings is 2. The molecule has 0 radical (unpaired) electrons. The van der Waals surface area contributed by atoms with Gasteiger partial charge in [0.2, 0.25) is 11.8 Å². The van der Waals surface area contributed by atoms with E-state index in [4.69, 9.17) is 9.47 Å². The molecule has 3 heterocycles. The molecule has 1 saturated heterocycles. The van der Waals surface area contributed by atoms with Gasteiger partial charge in [-0.1, -0.05) is 0 Å². The van der Waals surface area contributed by atoms with Crippen molar-refractivity contribution < 1.29 is 19.1 Å². The molecule has 3 N–H and O–H groups in total. The number of amides is 2. The molecule has 9 nitrogen and oxygen atoms in total. The molecule has 0 spiro atoms. The summed E-state index contributed by atoms with van der Waals surface area (Å²) < 4.78 is 11.1. The Morgan fingerprint density at radius 3 is 2.66 bits per heavy atom. The van der Waals surface area contributed by atoms with Crippen molar-refractivity contribution in [3.8, 4) is 11.5 Å². The maximum atomic E-state index is 12.7. The zero-order valence-electron chi connectivity index (χ0n) is 15.4. The van der Waals surface area contributed by atoms with E-state index >= 15 is 0 Å². The summed E-state index contributed by atoms with van der Waals surface area (Å²) in [6.45, 7) is 1.25. The molecule has 0 aliphatic carbocycles. The van der Waals surface area contributed by atoms with Gasteiger partial charge in [-0.2, -0.15) is 0 Å². The summed E-state index contributed by atoms with van der Waals surface area (Å²) in [5, 5.41) is 2.83. The molecule has 5 rings (SSSR count). The average molecular weight is 394 g/mol. The second kappa shape index (κ2) is 6.69. The number of hydrogen-bond donors (Lipinski definition) is 3. The molecule has 2 aromatic carbocycles. The second-order valence-electron chi connectivity index (χ2n) is 7.06. The monoisotopic (exact) mass is 394 g/mol. The van der Waals surface area contributed by atoms with E-state index in [1.807, 2.05) is 0 Å². The number of carbonyl (C=O) groups excluding carboxylic acids is 2. The largest absolute Gasteiger partial charge is 0.486 e. The van der Waals surface area contributed by atoms with Crippen LogP contribution in [-0.4, -0.2) is 41.5 Å². The van der Waals surface area contributed by atoms with Crippen molar-refractivity contribution in [2.75, 3.05) is 30.0 Å². The predicted molar refractivity (Wildman–Crippen MR) is 105 cm³/mol. The van der Waals surface area contributed by atoms with E-state index in [9.17, 15) is 14.4 Å². The molecular weight excluding hydrogens is 376 g/mol. The zero-order valence-corrected chi connectivity index (χ0v) is 15.4. The first-order valence-corrected chi connectivity index (χ1v) is 9.30. The number of rotatable bonds is 3. The summed E-state index contributed by atoms with van der Waals surface area (Å²) in [6, 6.07) is 10.4. The summed E-state index contributed by atoms with van der Waals surface area (Å²) >= 11 is 0. The highest BCUT2D eigenvalue weighted by atomic mass is 16.6. The van der Waals surface area contributed by atoms with Crippen LogP contribution in [-0.2, 0) is 9.59 Å². The highest BCUT2D eigenvalue weighted by Crippen LogP contribution is 2.36. The number of hydrogen-bond acceptors (Lipinski definition) is 5. The molecule has 1 aromatic heterocycles. The fourth-order valence-electron chi connectivity index (χ4n) is 3.69. The number of anilines is 2. The van der Waals surface area contributed by atoms with Gasteiger partial charge in [-0.15, -0.1) is 0 Å². The predicted octanol–water partition coefficient (Wildman–Crippen LogP) is 1.62. The van der Waals surface area contributed by atoms with Gasteiger partial charge in [0.1, 0.15) is 13.2 Å². The van der Waals surface area contributed by atoms with E-state index in [1.54, 1.807) is 41.3 Å². The number of H-pyrrole nitrogens is 2. The number of aromatic amines is 2. The van der Waals surface area contributed by atoms with E-state index in [-0.39, 0.29) is 30.5 Å². The van der Waals surface area contributed by atoms with Crippen LogP contribution in [0.3, 0.4) is 0 Å². The standard InChI is InChI=1S/C20H18N4O5/c25-18-7-11(10-24(18)13-2-4-16-17(9-13)29-6-5-28-16)19(26)21-12-1-3-14-15(8-12)23-20(27)22-14/h1-4,8-9,11H,5-7,10H2,(H,21,26)(H2,22,23,27). The first kappa shape index (κ1) is 17.4. The Labute approximate surface area is 164 Å². The SMILES string of the molecule is O=C(Nc1ccc2[nH]c(=O)[nH]c2c1)C1CC(=O)N(c2ccc3c(c2)OCCO3)C1. The van der Waals surface area contributed by atoms with Crippen molar-refractivity contribution >= 4 is 34.2 Å². The van der Waals surface area contributed by atoms with Crippen molar-refractivity contribution in [1.29, 1.82) is 0 Å². The maximum Gasteiger partial charge on any atom is 0.323 e. The number of imidazole rings is 1. The molecule has 2 aliphatic rings. The van der Waals surface area contributed by atoms with Gasteiger partial charge in [0.15, 0.2) is 11.5 Å².